The molecule has 0 bridgehead atoms. The predicted molar refractivity (Wildman–Crippen MR) is 67.8 cm³/mol. The molecule has 1 heterocycles. The number of carbonyl (C=O) groups is 1. The van der Waals surface area contributed by atoms with E-state index in [4.69, 9.17) is 4.74 Å². The number of carbonyl (C=O) groups excluding carboxylic acids is 1. The molecule has 1 rings (SSSR count). The third kappa shape index (κ3) is 4.00. The lowest BCUT2D eigenvalue weighted by Crippen LogP contribution is -2.57. The van der Waals surface area contributed by atoms with Gasteiger partial charge in [-0.25, -0.2) is 0 Å². The van der Waals surface area contributed by atoms with Crippen molar-refractivity contribution in [3.63, 3.8) is 0 Å². The predicted octanol–water partition coefficient (Wildman–Crippen LogP) is 0.895. The van der Waals surface area contributed by atoms with E-state index in [1.807, 2.05) is 13.0 Å². The fraction of sp³-hybridized carbons (Fsp3) is 0.692. The highest BCUT2D eigenvalue weighted by atomic mass is 16.5. The number of likely N-dealkylation sites (N-methyl/N-ethyl adjacent to an activating group) is 1. The normalized spacial score (nSPS) is 26.3. The smallest absolute Gasteiger partial charge is 0.320 e. The number of nitrogens with zero attached hydrogens (tertiary/aromatic N) is 2. The fourth-order valence-electron chi connectivity index (χ4n) is 2.29. The van der Waals surface area contributed by atoms with Crippen molar-refractivity contribution in [2.45, 2.75) is 25.9 Å². The Hall–Kier alpha value is -1.09. The first kappa shape index (κ1) is 14.0. The minimum atomic E-state index is -0.161. The molecule has 0 N–H and O–H groups in total. The van der Waals surface area contributed by atoms with E-state index in [1.54, 1.807) is 0 Å². The molecule has 1 fully saturated rings. The van der Waals surface area contributed by atoms with Crippen molar-refractivity contribution in [3.8, 4) is 0 Å². The van der Waals surface area contributed by atoms with Crippen molar-refractivity contribution < 1.29 is 9.53 Å². The molecule has 0 saturated carbocycles. The van der Waals surface area contributed by atoms with Gasteiger partial charge in [-0.1, -0.05) is 6.58 Å². The van der Waals surface area contributed by atoms with Crippen LogP contribution in [0.25, 0.3) is 0 Å². The summed E-state index contributed by atoms with van der Waals surface area (Å²) < 4.78 is 5.00. The van der Waals surface area contributed by atoms with E-state index < -0.39 is 0 Å². The van der Waals surface area contributed by atoms with Crippen molar-refractivity contribution in [1.82, 2.24) is 9.80 Å². The molecule has 1 aliphatic heterocycles. The van der Waals surface area contributed by atoms with Gasteiger partial charge in [0.2, 0.25) is 0 Å². The summed E-state index contributed by atoms with van der Waals surface area (Å²) in [4.78, 5) is 16.0. The van der Waals surface area contributed by atoms with Gasteiger partial charge in [-0.3, -0.25) is 9.69 Å². The molecule has 0 aromatic rings. The Morgan fingerprint density at radius 3 is 2.88 bits per heavy atom. The maximum Gasteiger partial charge on any atom is 0.320 e. The number of rotatable bonds is 4. The zero-order chi connectivity index (χ0) is 12.8. The van der Waals surface area contributed by atoms with Crippen LogP contribution in [0.3, 0.4) is 0 Å². The first-order valence-electron chi connectivity index (χ1n) is 6.04. The van der Waals surface area contributed by atoms with Crippen molar-refractivity contribution in [2.75, 3.05) is 33.3 Å². The summed E-state index contributed by atoms with van der Waals surface area (Å²) in [6, 6.07) is 0.512. The fourth-order valence-corrected chi connectivity index (χ4v) is 2.29. The molecule has 17 heavy (non-hydrogen) atoms. The molecule has 1 saturated heterocycles. The van der Waals surface area contributed by atoms with Crippen molar-refractivity contribution in [1.29, 1.82) is 0 Å². The van der Waals surface area contributed by atoms with E-state index in [0.29, 0.717) is 19.2 Å². The number of ether oxygens (including phenoxy) is 1. The first-order valence-corrected chi connectivity index (χ1v) is 6.04. The third-order valence-corrected chi connectivity index (χ3v) is 2.99. The minimum Gasteiger partial charge on any atom is -0.465 e. The van der Waals surface area contributed by atoms with Crippen LogP contribution >= 0.6 is 0 Å². The molecule has 0 radical (unpaired) electrons. The quantitative estimate of drug-likeness (QED) is 0.538. The summed E-state index contributed by atoms with van der Waals surface area (Å²) in [6.45, 7) is 10.2. The van der Waals surface area contributed by atoms with Crippen molar-refractivity contribution >= 4 is 5.97 Å². The van der Waals surface area contributed by atoms with Crippen LogP contribution in [0.5, 0.6) is 0 Å². The van der Waals surface area contributed by atoms with Gasteiger partial charge in [-0.15, -0.1) is 5.73 Å². The molecule has 1 aliphatic rings. The maximum absolute atomic E-state index is 11.6. The van der Waals surface area contributed by atoms with Crippen LogP contribution in [-0.4, -0.2) is 61.1 Å². The van der Waals surface area contributed by atoms with Gasteiger partial charge in [0.15, 0.2) is 0 Å². The zero-order valence-corrected chi connectivity index (χ0v) is 11.0. The van der Waals surface area contributed by atoms with Crippen LogP contribution < -0.4 is 0 Å². The molecule has 2 unspecified atom stereocenters. The highest BCUT2D eigenvalue weighted by Gasteiger charge is 2.30. The SMILES string of the molecule is C=C=CC1CN(C)CC(C)N1CC(=O)OCC. The van der Waals surface area contributed by atoms with Crippen LogP contribution in [0.1, 0.15) is 13.8 Å². The molecule has 4 nitrogen and oxygen atoms in total. The number of piperazine rings is 1. The lowest BCUT2D eigenvalue weighted by atomic mass is 10.1. The molecular formula is C13H22N2O2. The van der Waals surface area contributed by atoms with Gasteiger partial charge in [0.1, 0.15) is 0 Å². The van der Waals surface area contributed by atoms with Crippen LogP contribution in [-0.2, 0) is 9.53 Å². The summed E-state index contributed by atoms with van der Waals surface area (Å²) in [5, 5.41) is 0. The molecule has 0 aromatic heterocycles. The van der Waals surface area contributed by atoms with Crippen LogP contribution in [0.4, 0.5) is 0 Å². The topological polar surface area (TPSA) is 32.8 Å². The molecule has 0 spiro atoms. The number of hydrogen-bond donors (Lipinski definition) is 0. The Morgan fingerprint density at radius 1 is 1.59 bits per heavy atom. The largest absolute Gasteiger partial charge is 0.465 e. The van der Waals surface area contributed by atoms with E-state index >= 15 is 0 Å². The maximum atomic E-state index is 11.6. The van der Waals surface area contributed by atoms with Gasteiger partial charge in [0, 0.05) is 25.2 Å². The highest BCUT2D eigenvalue weighted by Crippen LogP contribution is 2.15. The summed E-state index contributed by atoms with van der Waals surface area (Å²) in [7, 11) is 2.09. The standard InChI is InChI=1S/C13H22N2O2/c1-5-7-12-9-14(4)8-11(3)15(12)10-13(16)17-6-2/h7,11-12H,1,6,8-10H2,2-4H3. The van der Waals surface area contributed by atoms with Crippen molar-refractivity contribution in [3.05, 3.63) is 18.4 Å². The first-order chi connectivity index (χ1) is 8.08. The minimum absolute atomic E-state index is 0.161. The Labute approximate surface area is 104 Å². The summed E-state index contributed by atoms with van der Waals surface area (Å²) >= 11 is 0. The lowest BCUT2D eigenvalue weighted by Gasteiger charge is -2.42. The average molecular weight is 238 g/mol. The summed E-state index contributed by atoms with van der Waals surface area (Å²) in [6.07, 6.45) is 1.92. The van der Waals surface area contributed by atoms with E-state index in [2.05, 4.69) is 36.1 Å². The second-order valence-corrected chi connectivity index (χ2v) is 4.49. The third-order valence-electron chi connectivity index (χ3n) is 2.99. The van der Waals surface area contributed by atoms with Crippen LogP contribution in [0, 0.1) is 0 Å². The lowest BCUT2D eigenvalue weighted by molar-refractivity contribution is -0.146. The van der Waals surface area contributed by atoms with E-state index in [-0.39, 0.29) is 12.0 Å². The van der Waals surface area contributed by atoms with Gasteiger partial charge >= 0.3 is 5.97 Å². The monoisotopic (exact) mass is 238 g/mol. The Bertz CT molecular complexity index is 311. The number of esters is 1. The summed E-state index contributed by atoms with van der Waals surface area (Å²) in [5.41, 5.74) is 2.82. The Morgan fingerprint density at radius 2 is 2.29 bits per heavy atom. The second-order valence-electron chi connectivity index (χ2n) is 4.49. The van der Waals surface area contributed by atoms with E-state index in [1.165, 1.54) is 0 Å². The van der Waals surface area contributed by atoms with E-state index in [9.17, 15) is 4.79 Å². The molecule has 0 aliphatic carbocycles. The van der Waals surface area contributed by atoms with Gasteiger partial charge in [0.05, 0.1) is 13.2 Å². The number of hydrogen-bond acceptors (Lipinski definition) is 4. The van der Waals surface area contributed by atoms with Gasteiger partial charge in [-0.2, -0.15) is 0 Å². The molecular weight excluding hydrogens is 216 g/mol. The Kier molecular flexibility index (Phi) is 5.42. The molecule has 2 atom stereocenters. The molecule has 0 aromatic carbocycles. The summed E-state index contributed by atoms with van der Waals surface area (Å²) in [5.74, 6) is -0.161. The van der Waals surface area contributed by atoms with E-state index in [0.717, 1.165) is 13.1 Å². The van der Waals surface area contributed by atoms with Gasteiger partial charge < -0.3 is 9.64 Å². The molecule has 96 valence electrons. The molecule has 4 heteroatoms. The second kappa shape index (κ2) is 6.60. The molecule has 0 amide bonds. The van der Waals surface area contributed by atoms with Crippen LogP contribution in [0.15, 0.2) is 18.4 Å². The van der Waals surface area contributed by atoms with Gasteiger partial charge in [-0.05, 0) is 27.0 Å². The Balaban J connectivity index is 2.69. The van der Waals surface area contributed by atoms with Crippen LogP contribution in [0.2, 0.25) is 0 Å². The highest BCUT2D eigenvalue weighted by molar-refractivity contribution is 5.71. The van der Waals surface area contributed by atoms with Crippen molar-refractivity contribution in [2.24, 2.45) is 0 Å². The van der Waals surface area contributed by atoms with Gasteiger partial charge in [0.25, 0.3) is 0 Å². The zero-order valence-electron chi connectivity index (χ0n) is 11.0. The average Bonchev–Trinajstić information content (AvgIpc) is 2.24.